The van der Waals surface area contributed by atoms with E-state index in [4.69, 9.17) is 14.2 Å². The van der Waals surface area contributed by atoms with Gasteiger partial charge in [0.25, 0.3) is 0 Å². The average molecular weight is 400 g/mol. The summed E-state index contributed by atoms with van der Waals surface area (Å²) < 4.78 is 44.1. The van der Waals surface area contributed by atoms with Crippen molar-refractivity contribution in [2.45, 2.75) is 42.7 Å². The molecule has 27 heavy (non-hydrogen) atoms. The summed E-state index contributed by atoms with van der Waals surface area (Å²) in [6, 6.07) is 1.91. The number of piperidine rings is 1. The lowest BCUT2D eigenvalue weighted by molar-refractivity contribution is -0.0312. The van der Waals surface area contributed by atoms with Gasteiger partial charge in [-0.3, -0.25) is 0 Å². The Bertz CT molecular complexity index is 747. The van der Waals surface area contributed by atoms with Gasteiger partial charge in [0, 0.05) is 39.0 Å². The van der Waals surface area contributed by atoms with Crippen LogP contribution in [0.3, 0.4) is 0 Å². The second-order valence-electron chi connectivity index (χ2n) is 7.27. The van der Waals surface area contributed by atoms with E-state index in [0.29, 0.717) is 45.2 Å². The lowest BCUT2D eigenvalue weighted by Gasteiger charge is -2.38. The molecule has 0 aliphatic carbocycles. The van der Waals surface area contributed by atoms with E-state index >= 15 is 0 Å². The van der Waals surface area contributed by atoms with Gasteiger partial charge in [0.05, 0.1) is 25.9 Å². The zero-order valence-electron chi connectivity index (χ0n) is 16.2. The molecule has 1 N–H and O–H groups in total. The molecule has 9 heteroatoms. The third-order valence-corrected chi connectivity index (χ3v) is 7.24. The number of hydrogen-bond donors (Lipinski definition) is 1. The standard InChI is InChI=1S/C18H29N3O5S/c1-14-10-16(17(25-3)20-12-14)27(22,23)21-7-4-18(5-8-21)11-15(13-26-18)19-6-9-24-2/h10,12,15,19H,4-9,11,13H2,1-3H3. The monoisotopic (exact) mass is 399 g/mol. The van der Waals surface area contributed by atoms with Crippen LogP contribution in [0.25, 0.3) is 0 Å². The molecule has 2 aliphatic heterocycles. The molecule has 0 aromatic carbocycles. The van der Waals surface area contributed by atoms with Gasteiger partial charge in [0.15, 0.2) is 0 Å². The third kappa shape index (κ3) is 4.43. The molecule has 0 radical (unpaired) electrons. The second-order valence-corrected chi connectivity index (χ2v) is 9.17. The Labute approximate surface area is 161 Å². The molecule has 0 amide bonds. The molecule has 1 atom stereocenters. The van der Waals surface area contributed by atoms with Gasteiger partial charge in [-0.05, 0) is 37.8 Å². The fourth-order valence-electron chi connectivity index (χ4n) is 3.83. The van der Waals surface area contributed by atoms with Crippen LogP contribution in [-0.4, -0.2) is 76.4 Å². The van der Waals surface area contributed by atoms with Crippen LogP contribution in [-0.2, 0) is 19.5 Å². The fourth-order valence-corrected chi connectivity index (χ4v) is 5.46. The van der Waals surface area contributed by atoms with Crippen molar-refractivity contribution in [1.82, 2.24) is 14.6 Å². The predicted molar refractivity (Wildman–Crippen MR) is 100 cm³/mol. The molecule has 2 aliphatic rings. The van der Waals surface area contributed by atoms with E-state index in [1.165, 1.54) is 11.4 Å². The lowest BCUT2D eigenvalue weighted by Crippen LogP contribution is -2.47. The van der Waals surface area contributed by atoms with Crippen molar-refractivity contribution in [1.29, 1.82) is 0 Å². The molecule has 1 aromatic rings. The highest BCUT2D eigenvalue weighted by Crippen LogP contribution is 2.38. The molecule has 1 unspecified atom stereocenters. The number of hydrogen-bond acceptors (Lipinski definition) is 7. The number of aryl methyl sites for hydroxylation is 1. The first-order valence-corrected chi connectivity index (χ1v) is 10.7. The number of rotatable bonds is 7. The molecule has 8 nitrogen and oxygen atoms in total. The van der Waals surface area contributed by atoms with E-state index in [9.17, 15) is 8.42 Å². The van der Waals surface area contributed by atoms with E-state index in [2.05, 4.69) is 10.3 Å². The Morgan fingerprint density at radius 3 is 2.78 bits per heavy atom. The minimum absolute atomic E-state index is 0.132. The summed E-state index contributed by atoms with van der Waals surface area (Å²) in [6.45, 7) is 4.81. The molecular weight excluding hydrogens is 370 g/mol. The maximum atomic E-state index is 13.1. The van der Waals surface area contributed by atoms with E-state index in [-0.39, 0.29) is 16.4 Å². The predicted octanol–water partition coefficient (Wildman–Crippen LogP) is 0.947. The number of nitrogens with zero attached hydrogens (tertiary/aromatic N) is 2. The quantitative estimate of drug-likeness (QED) is 0.683. The lowest BCUT2D eigenvalue weighted by atomic mass is 9.88. The number of ether oxygens (including phenoxy) is 3. The van der Waals surface area contributed by atoms with Crippen LogP contribution in [0, 0.1) is 6.92 Å². The first-order valence-electron chi connectivity index (χ1n) is 9.27. The first kappa shape index (κ1) is 20.5. The van der Waals surface area contributed by atoms with Crippen LogP contribution in [0.1, 0.15) is 24.8 Å². The largest absolute Gasteiger partial charge is 0.480 e. The molecule has 0 saturated carbocycles. The van der Waals surface area contributed by atoms with Crippen molar-refractivity contribution in [3.63, 3.8) is 0 Å². The topological polar surface area (TPSA) is 90.0 Å². The molecule has 2 saturated heterocycles. The molecule has 3 heterocycles. The summed E-state index contributed by atoms with van der Waals surface area (Å²) in [6.07, 6.45) is 3.89. The van der Waals surface area contributed by atoms with Gasteiger partial charge in [-0.15, -0.1) is 0 Å². The van der Waals surface area contributed by atoms with Crippen molar-refractivity contribution in [3.05, 3.63) is 17.8 Å². The number of methoxy groups -OCH3 is 2. The van der Waals surface area contributed by atoms with E-state index < -0.39 is 10.0 Å². The average Bonchev–Trinajstić information content (AvgIpc) is 3.04. The van der Waals surface area contributed by atoms with Gasteiger partial charge in [0.1, 0.15) is 4.90 Å². The normalized spacial score (nSPS) is 23.0. The number of aromatic nitrogens is 1. The van der Waals surface area contributed by atoms with E-state index in [1.54, 1.807) is 19.4 Å². The van der Waals surface area contributed by atoms with Gasteiger partial charge in [0.2, 0.25) is 15.9 Å². The highest BCUT2D eigenvalue weighted by atomic mass is 32.2. The highest BCUT2D eigenvalue weighted by molar-refractivity contribution is 7.89. The van der Waals surface area contributed by atoms with Crippen LogP contribution in [0.5, 0.6) is 5.88 Å². The Morgan fingerprint density at radius 1 is 1.37 bits per heavy atom. The van der Waals surface area contributed by atoms with E-state index in [0.717, 1.165) is 18.5 Å². The molecule has 1 spiro atoms. The fraction of sp³-hybridized carbons (Fsp3) is 0.722. The van der Waals surface area contributed by atoms with E-state index in [1.807, 2.05) is 6.92 Å². The van der Waals surface area contributed by atoms with Gasteiger partial charge in [-0.1, -0.05) is 0 Å². The van der Waals surface area contributed by atoms with Crippen LogP contribution in [0.4, 0.5) is 0 Å². The minimum atomic E-state index is -3.65. The Balaban J connectivity index is 1.65. The smallest absolute Gasteiger partial charge is 0.248 e. The summed E-state index contributed by atoms with van der Waals surface area (Å²) in [5, 5.41) is 3.44. The highest BCUT2D eigenvalue weighted by Gasteiger charge is 2.45. The van der Waals surface area contributed by atoms with Crippen molar-refractivity contribution in [3.8, 4) is 5.88 Å². The van der Waals surface area contributed by atoms with Gasteiger partial charge in [-0.2, -0.15) is 4.31 Å². The minimum Gasteiger partial charge on any atom is -0.480 e. The van der Waals surface area contributed by atoms with Crippen molar-refractivity contribution >= 4 is 10.0 Å². The summed E-state index contributed by atoms with van der Waals surface area (Å²) in [5.41, 5.74) is 0.554. The summed E-state index contributed by atoms with van der Waals surface area (Å²) >= 11 is 0. The van der Waals surface area contributed by atoms with Crippen molar-refractivity contribution in [2.24, 2.45) is 0 Å². The molecule has 3 rings (SSSR count). The summed E-state index contributed by atoms with van der Waals surface area (Å²) in [4.78, 5) is 4.23. The Kier molecular flexibility index (Phi) is 6.37. The molecule has 0 bridgehead atoms. The molecule has 2 fully saturated rings. The molecule has 152 valence electrons. The maximum Gasteiger partial charge on any atom is 0.248 e. The second kappa shape index (κ2) is 8.40. The first-order chi connectivity index (χ1) is 12.9. The van der Waals surface area contributed by atoms with Gasteiger partial charge < -0.3 is 19.5 Å². The van der Waals surface area contributed by atoms with Crippen LogP contribution in [0.15, 0.2) is 17.2 Å². The number of sulfonamides is 1. The number of nitrogens with one attached hydrogen (secondary N) is 1. The van der Waals surface area contributed by atoms with Crippen LogP contribution < -0.4 is 10.1 Å². The zero-order chi connectivity index (χ0) is 19.5. The summed E-state index contributed by atoms with van der Waals surface area (Å²) in [5.74, 6) is 0.139. The molecular formula is C18H29N3O5S. The van der Waals surface area contributed by atoms with Crippen molar-refractivity contribution in [2.75, 3.05) is 47.1 Å². The van der Waals surface area contributed by atoms with Crippen molar-refractivity contribution < 1.29 is 22.6 Å². The van der Waals surface area contributed by atoms with Gasteiger partial charge >= 0.3 is 0 Å². The Morgan fingerprint density at radius 2 is 2.11 bits per heavy atom. The van der Waals surface area contributed by atoms with Gasteiger partial charge in [-0.25, -0.2) is 13.4 Å². The molecule has 1 aromatic heterocycles. The maximum absolute atomic E-state index is 13.1. The number of pyridine rings is 1. The SMILES string of the molecule is COCCNC1COC2(CCN(S(=O)(=O)c3cc(C)cnc3OC)CC2)C1. The van der Waals surface area contributed by atoms with Crippen LogP contribution in [0.2, 0.25) is 0 Å². The summed E-state index contributed by atoms with van der Waals surface area (Å²) in [7, 11) is -0.527. The Hall–Kier alpha value is -1.26. The third-order valence-electron chi connectivity index (χ3n) is 5.35. The van der Waals surface area contributed by atoms with Crippen LogP contribution >= 0.6 is 0 Å². The zero-order valence-corrected chi connectivity index (χ0v) is 17.0.